The molecule has 6 heteroatoms. The van der Waals surface area contributed by atoms with Crippen molar-refractivity contribution in [2.45, 2.75) is 0 Å². The minimum Gasteiger partial charge on any atom is -0.323 e. The van der Waals surface area contributed by atoms with Gasteiger partial charge >= 0.3 is 0 Å². The Hall–Kier alpha value is -1.43. The van der Waals surface area contributed by atoms with Crippen LogP contribution in [0.5, 0.6) is 0 Å². The predicted molar refractivity (Wildman–Crippen MR) is 82.7 cm³/mol. The van der Waals surface area contributed by atoms with Gasteiger partial charge < -0.3 is 4.98 Å². The van der Waals surface area contributed by atoms with Crippen LogP contribution in [-0.4, -0.2) is 9.55 Å². The van der Waals surface area contributed by atoms with Gasteiger partial charge in [-0.1, -0.05) is 29.8 Å². The third kappa shape index (κ3) is 1.94. The van der Waals surface area contributed by atoms with E-state index in [9.17, 15) is 4.79 Å². The average Bonchev–Trinajstić information content (AvgIpc) is 2.80. The summed E-state index contributed by atoms with van der Waals surface area (Å²) in [6.07, 6.45) is 0. The van der Waals surface area contributed by atoms with E-state index in [1.807, 2.05) is 29.6 Å². The lowest BCUT2D eigenvalue weighted by molar-refractivity contribution is 0.826. The van der Waals surface area contributed by atoms with Crippen molar-refractivity contribution in [2.24, 2.45) is 7.05 Å². The molecule has 19 heavy (non-hydrogen) atoms. The van der Waals surface area contributed by atoms with Crippen molar-refractivity contribution in [2.75, 3.05) is 0 Å². The van der Waals surface area contributed by atoms with Crippen molar-refractivity contribution in [1.29, 1.82) is 0 Å². The fourth-order valence-electron chi connectivity index (χ4n) is 1.98. The molecule has 3 nitrogen and oxygen atoms in total. The Kier molecular flexibility index (Phi) is 3.05. The Morgan fingerprint density at radius 1 is 1.32 bits per heavy atom. The van der Waals surface area contributed by atoms with Gasteiger partial charge in [-0.2, -0.15) is 0 Å². The molecule has 0 radical (unpaired) electrons. The van der Waals surface area contributed by atoms with Crippen LogP contribution in [0.1, 0.15) is 0 Å². The summed E-state index contributed by atoms with van der Waals surface area (Å²) >= 11 is 12.8. The monoisotopic (exact) mass is 308 g/mol. The first kappa shape index (κ1) is 12.6. The van der Waals surface area contributed by atoms with E-state index >= 15 is 0 Å². The maximum atomic E-state index is 12.4. The number of aromatic nitrogens is 2. The highest BCUT2D eigenvalue weighted by Crippen LogP contribution is 2.34. The maximum Gasteiger partial charge on any atom is 0.263 e. The normalized spacial score (nSPS) is 11.1. The van der Waals surface area contributed by atoms with E-state index in [-0.39, 0.29) is 5.56 Å². The number of halogens is 1. The number of thiophene rings is 1. The number of nitrogens with zero attached hydrogens (tertiary/aromatic N) is 1. The molecule has 0 spiro atoms. The Balaban J connectivity index is 2.45. The number of aromatic amines is 1. The van der Waals surface area contributed by atoms with E-state index in [1.54, 1.807) is 7.05 Å². The summed E-state index contributed by atoms with van der Waals surface area (Å²) in [5, 5.41) is 3.19. The fraction of sp³-hybridized carbons (Fsp3) is 0.0769. The molecule has 1 N–H and O–H groups in total. The molecular weight excluding hydrogens is 300 g/mol. The zero-order valence-corrected chi connectivity index (χ0v) is 12.3. The van der Waals surface area contributed by atoms with Crippen LogP contribution < -0.4 is 5.56 Å². The first-order valence-electron chi connectivity index (χ1n) is 5.55. The highest BCUT2D eigenvalue weighted by molar-refractivity contribution is 7.71. The largest absolute Gasteiger partial charge is 0.323 e. The molecule has 3 rings (SSSR count). The minimum atomic E-state index is -0.102. The number of hydrogen-bond acceptors (Lipinski definition) is 3. The van der Waals surface area contributed by atoms with Gasteiger partial charge in [-0.05, 0) is 18.3 Å². The lowest BCUT2D eigenvalue weighted by Gasteiger charge is -2.03. The number of benzene rings is 1. The van der Waals surface area contributed by atoms with Crippen LogP contribution in [0.15, 0.2) is 34.4 Å². The molecule has 2 aromatic heterocycles. The van der Waals surface area contributed by atoms with Crippen LogP contribution in [0.2, 0.25) is 5.02 Å². The Morgan fingerprint density at radius 3 is 2.79 bits per heavy atom. The van der Waals surface area contributed by atoms with Crippen molar-refractivity contribution in [1.82, 2.24) is 9.55 Å². The number of fused-ring (bicyclic) bond motifs is 1. The zero-order valence-electron chi connectivity index (χ0n) is 9.94. The number of H-pyrrole nitrogens is 1. The molecule has 1 aromatic carbocycles. The molecule has 0 aliphatic rings. The van der Waals surface area contributed by atoms with Gasteiger partial charge in [-0.25, -0.2) is 0 Å². The van der Waals surface area contributed by atoms with Crippen LogP contribution in [0.4, 0.5) is 0 Å². The first-order valence-corrected chi connectivity index (χ1v) is 7.21. The SMILES string of the molecule is Cn1c(=S)[nH]c2scc(-c3ccccc3Cl)c2c1=O. The third-order valence-electron chi connectivity index (χ3n) is 3.00. The summed E-state index contributed by atoms with van der Waals surface area (Å²) in [5.74, 6) is 0. The van der Waals surface area contributed by atoms with Gasteiger partial charge in [0.05, 0.1) is 5.39 Å². The second-order valence-corrected chi connectivity index (χ2v) is 5.80. The van der Waals surface area contributed by atoms with Crippen LogP contribution in [0, 0.1) is 4.77 Å². The molecule has 0 fully saturated rings. The van der Waals surface area contributed by atoms with Crippen LogP contribution >= 0.6 is 35.2 Å². The molecule has 0 atom stereocenters. The summed E-state index contributed by atoms with van der Waals surface area (Å²) in [4.78, 5) is 16.2. The molecule has 0 aliphatic heterocycles. The van der Waals surface area contributed by atoms with Crippen molar-refractivity contribution < 1.29 is 0 Å². The Labute approximate surface area is 123 Å². The van der Waals surface area contributed by atoms with Gasteiger partial charge in [-0.3, -0.25) is 9.36 Å². The standard InChI is InChI=1S/C13H9ClN2OS2/c1-16-12(17)10-8(6-19-11(10)15-13(16)18)7-4-2-3-5-9(7)14/h2-6H,1H3,(H,15,18). The minimum absolute atomic E-state index is 0.102. The van der Waals surface area contributed by atoms with E-state index in [4.69, 9.17) is 23.8 Å². The second kappa shape index (κ2) is 4.59. The maximum absolute atomic E-state index is 12.4. The molecule has 0 saturated carbocycles. The van der Waals surface area contributed by atoms with E-state index in [1.165, 1.54) is 15.9 Å². The molecule has 3 aromatic rings. The van der Waals surface area contributed by atoms with Crippen molar-refractivity contribution >= 4 is 45.4 Å². The number of hydrogen-bond donors (Lipinski definition) is 1. The number of rotatable bonds is 1. The molecule has 0 amide bonds. The van der Waals surface area contributed by atoms with Gasteiger partial charge in [-0.15, -0.1) is 11.3 Å². The topological polar surface area (TPSA) is 37.8 Å². The number of nitrogens with one attached hydrogen (secondary N) is 1. The van der Waals surface area contributed by atoms with E-state index in [0.29, 0.717) is 15.2 Å². The van der Waals surface area contributed by atoms with E-state index in [0.717, 1.165) is 16.0 Å². The lowest BCUT2D eigenvalue weighted by atomic mass is 10.1. The van der Waals surface area contributed by atoms with Crippen LogP contribution in [0.3, 0.4) is 0 Å². The second-order valence-electron chi connectivity index (χ2n) is 4.13. The summed E-state index contributed by atoms with van der Waals surface area (Å²) in [6.45, 7) is 0. The Morgan fingerprint density at radius 2 is 2.05 bits per heavy atom. The predicted octanol–water partition coefficient (Wildman–Crippen LogP) is 3.98. The van der Waals surface area contributed by atoms with Gasteiger partial charge in [0.15, 0.2) is 4.77 Å². The highest BCUT2D eigenvalue weighted by atomic mass is 35.5. The zero-order chi connectivity index (χ0) is 13.6. The van der Waals surface area contributed by atoms with Gasteiger partial charge in [0, 0.05) is 28.6 Å². The summed E-state index contributed by atoms with van der Waals surface area (Å²) in [7, 11) is 1.66. The fourth-order valence-corrected chi connectivity index (χ4v) is 3.42. The van der Waals surface area contributed by atoms with Crippen LogP contribution in [-0.2, 0) is 7.05 Å². The van der Waals surface area contributed by atoms with Gasteiger partial charge in [0.2, 0.25) is 0 Å². The quantitative estimate of drug-likeness (QED) is 0.691. The molecule has 0 saturated heterocycles. The molecule has 2 heterocycles. The van der Waals surface area contributed by atoms with Crippen molar-refractivity contribution in [3.63, 3.8) is 0 Å². The summed E-state index contributed by atoms with van der Waals surface area (Å²) in [6, 6.07) is 7.49. The van der Waals surface area contributed by atoms with Gasteiger partial charge in [0.1, 0.15) is 4.83 Å². The smallest absolute Gasteiger partial charge is 0.263 e. The summed E-state index contributed by atoms with van der Waals surface area (Å²) < 4.78 is 1.86. The van der Waals surface area contributed by atoms with Gasteiger partial charge in [0.25, 0.3) is 5.56 Å². The van der Waals surface area contributed by atoms with E-state index in [2.05, 4.69) is 4.98 Å². The van der Waals surface area contributed by atoms with Crippen LogP contribution in [0.25, 0.3) is 21.3 Å². The Bertz CT molecular complexity index is 892. The molecular formula is C13H9ClN2OS2. The lowest BCUT2D eigenvalue weighted by Crippen LogP contribution is -2.18. The average molecular weight is 309 g/mol. The molecule has 0 bridgehead atoms. The van der Waals surface area contributed by atoms with E-state index < -0.39 is 0 Å². The first-order chi connectivity index (χ1) is 9.09. The van der Waals surface area contributed by atoms with Crippen molar-refractivity contribution in [3.8, 4) is 11.1 Å². The highest BCUT2D eigenvalue weighted by Gasteiger charge is 2.14. The van der Waals surface area contributed by atoms with Crippen molar-refractivity contribution in [3.05, 3.63) is 49.8 Å². The molecule has 96 valence electrons. The molecule has 0 unspecified atom stereocenters. The molecule has 0 aliphatic carbocycles. The third-order valence-corrected chi connectivity index (χ3v) is 4.60. The summed E-state index contributed by atoms with van der Waals surface area (Å²) in [5.41, 5.74) is 1.60.